The Hall–Kier alpha value is -1.91. The van der Waals surface area contributed by atoms with Crippen molar-refractivity contribution in [2.24, 2.45) is 0 Å². The van der Waals surface area contributed by atoms with Crippen molar-refractivity contribution >= 4 is 0 Å². The first-order valence-electron chi connectivity index (χ1n) is 7.64. The van der Waals surface area contributed by atoms with Crippen LogP contribution in [0.5, 0.6) is 11.5 Å². The Bertz CT molecular complexity index is 577. The zero-order valence-electron chi connectivity index (χ0n) is 12.4. The topological polar surface area (TPSA) is 30.5 Å². The van der Waals surface area contributed by atoms with Crippen LogP contribution in [-0.2, 0) is 11.3 Å². The lowest BCUT2D eigenvalue weighted by Gasteiger charge is -2.23. The molecule has 2 aromatic rings. The molecule has 1 N–H and O–H groups in total. The first-order chi connectivity index (χ1) is 10.8. The number of piperidine rings is 1. The maximum atomic E-state index is 12.8. The first-order valence-corrected chi connectivity index (χ1v) is 7.64. The van der Waals surface area contributed by atoms with Crippen LogP contribution in [0.25, 0.3) is 0 Å². The van der Waals surface area contributed by atoms with Crippen molar-refractivity contribution in [2.75, 3.05) is 13.1 Å². The molecule has 3 nitrogen and oxygen atoms in total. The van der Waals surface area contributed by atoms with Crippen LogP contribution in [0.4, 0.5) is 4.39 Å². The zero-order chi connectivity index (χ0) is 15.2. The number of nitrogens with one attached hydrogen (secondary N) is 1. The molecule has 0 radical (unpaired) electrons. The Morgan fingerprint density at radius 3 is 2.32 bits per heavy atom. The lowest BCUT2D eigenvalue weighted by molar-refractivity contribution is 0.0253. The van der Waals surface area contributed by atoms with Gasteiger partial charge in [-0.25, -0.2) is 4.39 Å². The molecule has 4 heteroatoms. The van der Waals surface area contributed by atoms with Crippen LogP contribution < -0.4 is 10.1 Å². The second kappa shape index (κ2) is 7.38. The number of rotatable bonds is 5. The van der Waals surface area contributed by atoms with E-state index in [4.69, 9.17) is 9.47 Å². The van der Waals surface area contributed by atoms with Crippen molar-refractivity contribution in [1.29, 1.82) is 0 Å². The van der Waals surface area contributed by atoms with Gasteiger partial charge in [0.2, 0.25) is 0 Å². The summed E-state index contributed by atoms with van der Waals surface area (Å²) in [7, 11) is 0. The van der Waals surface area contributed by atoms with Crippen LogP contribution in [0.15, 0.2) is 48.5 Å². The molecule has 1 aliphatic rings. The summed E-state index contributed by atoms with van der Waals surface area (Å²) in [6, 6.07) is 13.8. The van der Waals surface area contributed by atoms with E-state index in [2.05, 4.69) is 5.32 Å². The van der Waals surface area contributed by atoms with E-state index in [0.29, 0.717) is 18.5 Å². The Morgan fingerprint density at radius 1 is 1.00 bits per heavy atom. The molecule has 1 aliphatic heterocycles. The number of halogens is 1. The molecule has 1 atom stereocenters. The van der Waals surface area contributed by atoms with Gasteiger partial charge in [-0.15, -0.1) is 0 Å². The third kappa shape index (κ3) is 4.29. The number of hydrogen-bond acceptors (Lipinski definition) is 3. The van der Waals surface area contributed by atoms with E-state index in [0.717, 1.165) is 30.8 Å². The van der Waals surface area contributed by atoms with Crippen molar-refractivity contribution in [1.82, 2.24) is 5.32 Å². The highest BCUT2D eigenvalue weighted by Gasteiger charge is 2.12. The predicted molar refractivity (Wildman–Crippen MR) is 83.6 cm³/mol. The number of ether oxygens (including phenoxy) is 2. The van der Waals surface area contributed by atoms with E-state index in [1.54, 1.807) is 12.1 Å². The predicted octanol–water partition coefficient (Wildman–Crippen LogP) is 3.89. The van der Waals surface area contributed by atoms with Gasteiger partial charge >= 0.3 is 0 Å². The van der Waals surface area contributed by atoms with Gasteiger partial charge in [0, 0.05) is 6.54 Å². The molecule has 0 aliphatic carbocycles. The molecule has 22 heavy (non-hydrogen) atoms. The minimum Gasteiger partial charge on any atom is -0.457 e. The summed E-state index contributed by atoms with van der Waals surface area (Å²) in [6.45, 7) is 2.64. The third-order valence-corrected chi connectivity index (χ3v) is 3.71. The molecule has 2 aromatic carbocycles. The van der Waals surface area contributed by atoms with Crippen molar-refractivity contribution in [3.63, 3.8) is 0 Å². The highest BCUT2D eigenvalue weighted by atomic mass is 19.1. The summed E-state index contributed by atoms with van der Waals surface area (Å²) < 4.78 is 24.4. The summed E-state index contributed by atoms with van der Waals surface area (Å²) in [5.74, 6) is 1.09. The monoisotopic (exact) mass is 301 g/mol. The normalized spacial score (nSPS) is 18.1. The highest BCUT2D eigenvalue weighted by molar-refractivity contribution is 5.33. The van der Waals surface area contributed by atoms with E-state index < -0.39 is 0 Å². The fourth-order valence-electron chi connectivity index (χ4n) is 2.47. The highest BCUT2D eigenvalue weighted by Crippen LogP contribution is 2.22. The second-order valence-electron chi connectivity index (χ2n) is 5.48. The van der Waals surface area contributed by atoms with Crippen LogP contribution in [0.2, 0.25) is 0 Å². The molecule has 1 heterocycles. The second-order valence-corrected chi connectivity index (χ2v) is 5.48. The van der Waals surface area contributed by atoms with Gasteiger partial charge in [0.05, 0.1) is 12.7 Å². The molecule has 1 saturated heterocycles. The summed E-state index contributed by atoms with van der Waals surface area (Å²) in [5.41, 5.74) is 1.12. The average Bonchev–Trinajstić information content (AvgIpc) is 2.57. The molecule has 1 fully saturated rings. The Morgan fingerprint density at radius 2 is 1.68 bits per heavy atom. The summed E-state index contributed by atoms with van der Waals surface area (Å²) >= 11 is 0. The van der Waals surface area contributed by atoms with Gasteiger partial charge in [0.1, 0.15) is 17.3 Å². The van der Waals surface area contributed by atoms with Crippen molar-refractivity contribution in [2.45, 2.75) is 25.6 Å². The molecular weight excluding hydrogens is 281 g/mol. The SMILES string of the molecule is Fc1ccc(Oc2ccc(COC3CCCNC3)cc2)cc1. The van der Waals surface area contributed by atoms with Crippen LogP contribution in [0.1, 0.15) is 18.4 Å². The van der Waals surface area contributed by atoms with Crippen LogP contribution >= 0.6 is 0 Å². The molecule has 0 amide bonds. The van der Waals surface area contributed by atoms with Gasteiger partial charge in [-0.1, -0.05) is 12.1 Å². The summed E-state index contributed by atoms with van der Waals surface area (Å²) in [5, 5.41) is 3.34. The molecule has 1 unspecified atom stereocenters. The van der Waals surface area contributed by atoms with E-state index in [9.17, 15) is 4.39 Å². The van der Waals surface area contributed by atoms with Gasteiger partial charge in [0.15, 0.2) is 0 Å². The maximum Gasteiger partial charge on any atom is 0.127 e. The van der Waals surface area contributed by atoms with Crippen molar-refractivity contribution < 1.29 is 13.9 Å². The zero-order valence-corrected chi connectivity index (χ0v) is 12.4. The quantitative estimate of drug-likeness (QED) is 0.909. The van der Waals surface area contributed by atoms with E-state index in [-0.39, 0.29) is 5.82 Å². The third-order valence-electron chi connectivity index (χ3n) is 3.71. The molecular formula is C18H20FNO2. The molecule has 116 valence electrons. The van der Waals surface area contributed by atoms with Gasteiger partial charge in [-0.3, -0.25) is 0 Å². The molecule has 0 saturated carbocycles. The van der Waals surface area contributed by atoms with Gasteiger partial charge in [0.25, 0.3) is 0 Å². The van der Waals surface area contributed by atoms with Crippen LogP contribution in [0, 0.1) is 5.82 Å². The molecule has 3 rings (SSSR count). The fourth-order valence-corrected chi connectivity index (χ4v) is 2.47. The Balaban J connectivity index is 1.52. The minimum atomic E-state index is -0.267. The van der Waals surface area contributed by atoms with Crippen molar-refractivity contribution in [3.05, 3.63) is 59.9 Å². The largest absolute Gasteiger partial charge is 0.457 e. The van der Waals surface area contributed by atoms with Crippen LogP contribution in [0.3, 0.4) is 0 Å². The molecule has 0 aromatic heterocycles. The standard InChI is InChI=1S/C18H20FNO2/c19-15-5-9-17(10-6-15)22-16-7-3-14(4-8-16)13-21-18-2-1-11-20-12-18/h3-10,18,20H,1-2,11-13H2. The Kier molecular flexibility index (Phi) is 5.03. The lowest BCUT2D eigenvalue weighted by atomic mass is 10.1. The van der Waals surface area contributed by atoms with Crippen LogP contribution in [-0.4, -0.2) is 19.2 Å². The maximum absolute atomic E-state index is 12.8. The van der Waals surface area contributed by atoms with Gasteiger partial charge < -0.3 is 14.8 Å². The summed E-state index contributed by atoms with van der Waals surface area (Å²) in [4.78, 5) is 0. The van der Waals surface area contributed by atoms with E-state index >= 15 is 0 Å². The average molecular weight is 301 g/mol. The van der Waals surface area contributed by atoms with E-state index in [1.807, 2.05) is 24.3 Å². The van der Waals surface area contributed by atoms with Crippen molar-refractivity contribution in [3.8, 4) is 11.5 Å². The summed E-state index contributed by atoms with van der Waals surface area (Å²) in [6.07, 6.45) is 2.61. The smallest absolute Gasteiger partial charge is 0.127 e. The number of benzene rings is 2. The van der Waals surface area contributed by atoms with E-state index in [1.165, 1.54) is 18.6 Å². The lowest BCUT2D eigenvalue weighted by Crippen LogP contribution is -2.35. The fraction of sp³-hybridized carbons (Fsp3) is 0.333. The Labute approximate surface area is 130 Å². The number of hydrogen-bond donors (Lipinski definition) is 1. The van der Waals surface area contributed by atoms with Gasteiger partial charge in [-0.05, 0) is 61.3 Å². The first kappa shape index (κ1) is 15.0. The molecule has 0 bridgehead atoms. The molecule has 0 spiro atoms. The minimum absolute atomic E-state index is 0.267. The van der Waals surface area contributed by atoms with Gasteiger partial charge in [-0.2, -0.15) is 0 Å².